The number of allylic oxidation sites excluding steroid dienone is 1. The summed E-state index contributed by atoms with van der Waals surface area (Å²) in [6.07, 6.45) is 1.79. The zero-order valence-electron chi connectivity index (χ0n) is 12.8. The number of amides is 2. The van der Waals surface area contributed by atoms with E-state index in [0.717, 1.165) is 10.4 Å². The first kappa shape index (κ1) is 16.8. The van der Waals surface area contributed by atoms with Crippen molar-refractivity contribution in [1.29, 1.82) is 0 Å². The predicted molar refractivity (Wildman–Crippen MR) is 91.9 cm³/mol. The van der Waals surface area contributed by atoms with Gasteiger partial charge in [-0.25, -0.2) is 4.79 Å². The van der Waals surface area contributed by atoms with Crippen LogP contribution >= 0.6 is 11.3 Å². The molecule has 2 rings (SSSR count). The topological polar surface area (TPSA) is 67.4 Å². The van der Waals surface area contributed by atoms with E-state index in [2.05, 4.69) is 17.2 Å². The van der Waals surface area contributed by atoms with Gasteiger partial charge in [-0.15, -0.1) is 17.9 Å². The van der Waals surface area contributed by atoms with Gasteiger partial charge < -0.3 is 10.1 Å². The van der Waals surface area contributed by atoms with Crippen LogP contribution in [0.1, 0.15) is 20.1 Å². The van der Waals surface area contributed by atoms with Crippen molar-refractivity contribution < 1.29 is 14.3 Å². The number of hydrogen-bond acceptors (Lipinski definition) is 4. The van der Waals surface area contributed by atoms with Gasteiger partial charge in [0.25, 0.3) is 5.91 Å². The first-order valence-electron chi connectivity index (χ1n) is 7.07. The van der Waals surface area contributed by atoms with Gasteiger partial charge in [0.1, 0.15) is 11.5 Å². The van der Waals surface area contributed by atoms with Crippen LogP contribution in [0.15, 0.2) is 49.1 Å². The maximum absolute atomic E-state index is 11.9. The molecule has 0 aliphatic heterocycles. The second-order valence-corrected chi connectivity index (χ2v) is 5.85. The van der Waals surface area contributed by atoms with Crippen molar-refractivity contribution in [3.63, 3.8) is 0 Å². The zero-order valence-corrected chi connectivity index (χ0v) is 13.6. The van der Waals surface area contributed by atoms with Gasteiger partial charge in [0.2, 0.25) is 0 Å². The minimum absolute atomic E-state index is 0.172. The summed E-state index contributed by atoms with van der Waals surface area (Å²) in [5, 5.41) is 5.19. The van der Waals surface area contributed by atoms with E-state index in [-0.39, 0.29) is 12.5 Å². The average molecular weight is 330 g/mol. The van der Waals surface area contributed by atoms with E-state index in [9.17, 15) is 9.59 Å². The SMILES string of the molecule is C=CCc1cc(NC(=O)OCc2ccccc2)c(C(=O)NC)s1. The quantitative estimate of drug-likeness (QED) is 0.796. The number of nitrogens with one attached hydrogen (secondary N) is 2. The van der Waals surface area contributed by atoms with Gasteiger partial charge in [-0.1, -0.05) is 36.4 Å². The Kier molecular flexibility index (Phi) is 5.94. The number of rotatable bonds is 6. The molecule has 0 bridgehead atoms. The fraction of sp³-hybridized carbons (Fsp3) is 0.176. The van der Waals surface area contributed by atoms with Gasteiger partial charge in [0, 0.05) is 11.9 Å². The van der Waals surface area contributed by atoms with E-state index in [1.54, 1.807) is 19.2 Å². The molecule has 0 radical (unpaired) electrons. The molecule has 2 N–H and O–H groups in total. The largest absolute Gasteiger partial charge is 0.444 e. The lowest BCUT2D eigenvalue weighted by Gasteiger charge is -2.07. The van der Waals surface area contributed by atoms with Crippen LogP contribution in [0.4, 0.5) is 10.5 Å². The molecule has 0 aliphatic carbocycles. The first-order chi connectivity index (χ1) is 11.1. The monoisotopic (exact) mass is 330 g/mol. The Hall–Kier alpha value is -2.60. The van der Waals surface area contributed by atoms with Gasteiger partial charge in [-0.05, 0) is 18.1 Å². The summed E-state index contributed by atoms with van der Waals surface area (Å²) in [5.74, 6) is -0.247. The molecular formula is C17H18N2O3S. The van der Waals surface area contributed by atoms with Crippen molar-refractivity contribution >= 4 is 29.0 Å². The Morgan fingerprint density at radius 2 is 2.04 bits per heavy atom. The normalized spacial score (nSPS) is 9.96. The van der Waals surface area contributed by atoms with E-state index in [1.807, 2.05) is 30.3 Å². The minimum Gasteiger partial charge on any atom is -0.444 e. The predicted octanol–water partition coefficient (Wildman–Crippen LogP) is 3.58. The zero-order chi connectivity index (χ0) is 16.7. The van der Waals surface area contributed by atoms with Crippen molar-refractivity contribution in [2.45, 2.75) is 13.0 Å². The van der Waals surface area contributed by atoms with Gasteiger partial charge >= 0.3 is 6.09 Å². The molecule has 0 atom stereocenters. The lowest BCUT2D eigenvalue weighted by atomic mass is 10.2. The Morgan fingerprint density at radius 1 is 1.30 bits per heavy atom. The van der Waals surface area contributed by atoms with Gasteiger partial charge in [-0.3, -0.25) is 10.1 Å². The number of carbonyl (C=O) groups excluding carboxylic acids is 2. The summed E-state index contributed by atoms with van der Waals surface area (Å²) >= 11 is 1.32. The van der Waals surface area contributed by atoms with Crippen LogP contribution in [0.25, 0.3) is 0 Å². The molecule has 1 aromatic heterocycles. The number of carbonyl (C=O) groups is 2. The van der Waals surface area contributed by atoms with Gasteiger partial charge in [0.15, 0.2) is 0 Å². The third-order valence-corrected chi connectivity index (χ3v) is 4.17. The Balaban J connectivity index is 2.04. The van der Waals surface area contributed by atoms with E-state index in [4.69, 9.17) is 4.74 Å². The molecule has 120 valence electrons. The smallest absolute Gasteiger partial charge is 0.412 e. The fourth-order valence-corrected chi connectivity index (χ4v) is 2.98. The van der Waals surface area contributed by atoms with E-state index in [1.165, 1.54) is 11.3 Å². The van der Waals surface area contributed by atoms with E-state index < -0.39 is 6.09 Å². The average Bonchev–Trinajstić information content (AvgIpc) is 2.96. The third kappa shape index (κ3) is 4.69. The highest BCUT2D eigenvalue weighted by molar-refractivity contribution is 7.14. The highest BCUT2D eigenvalue weighted by atomic mass is 32.1. The molecule has 0 spiro atoms. The number of thiophene rings is 1. The van der Waals surface area contributed by atoms with Crippen LogP contribution in [-0.4, -0.2) is 19.0 Å². The number of anilines is 1. The van der Waals surface area contributed by atoms with E-state index >= 15 is 0 Å². The maximum atomic E-state index is 11.9. The summed E-state index contributed by atoms with van der Waals surface area (Å²) < 4.78 is 5.17. The molecule has 1 aromatic carbocycles. The minimum atomic E-state index is -0.595. The molecule has 0 fully saturated rings. The van der Waals surface area contributed by atoms with Crippen LogP contribution in [0, 0.1) is 0 Å². The molecule has 0 saturated heterocycles. The van der Waals surface area contributed by atoms with Crippen LogP contribution in [-0.2, 0) is 17.8 Å². The second kappa shape index (κ2) is 8.14. The first-order valence-corrected chi connectivity index (χ1v) is 7.89. The summed E-state index contributed by atoms with van der Waals surface area (Å²) in [6.45, 7) is 3.85. The van der Waals surface area contributed by atoms with Crippen molar-refractivity contribution in [2.75, 3.05) is 12.4 Å². The van der Waals surface area contributed by atoms with Gasteiger partial charge in [0.05, 0.1) is 5.69 Å². The van der Waals surface area contributed by atoms with Crippen LogP contribution in [0.5, 0.6) is 0 Å². The molecule has 1 heterocycles. The molecule has 0 unspecified atom stereocenters. The Bertz CT molecular complexity index is 695. The standard InChI is InChI=1S/C17H18N2O3S/c1-3-7-13-10-14(15(23-13)16(20)18-2)19-17(21)22-11-12-8-5-4-6-9-12/h3-6,8-10H,1,7,11H2,2H3,(H,18,20)(H,19,21). The summed E-state index contributed by atoms with van der Waals surface area (Å²) in [6, 6.07) is 11.2. The summed E-state index contributed by atoms with van der Waals surface area (Å²) in [7, 11) is 1.55. The highest BCUT2D eigenvalue weighted by Gasteiger charge is 2.17. The van der Waals surface area contributed by atoms with Crippen LogP contribution < -0.4 is 10.6 Å². The Labute approximate surface area is 139 Å². The number of hydrogen-bond donors (Lipinski definition) is 2. The summed E-state index contributed by atoms with van der Waals surface area (Å²) in [4.78, 5) is 25.2. The molecule has 0 saturated carbocycles. The second-order valence-electron chi connectivity index (χ2n) is 4.71. The molecular weight excluding hydrogens is 312 g/mol. The molecule has 2 aromatic rings. The molecule has 5 nitrogen and oxygen atoms in total. The number of benzene rings is 1. The van der Waals surface area contributed by atoms with E-state index in [0.29, 0.717) is 17.0 Å². The van der Waals surface area contributed by atoms with Crippen LogP contribution in [0.3, 0.4) is 0 Å². The molecule has 0 aliphatic rings. The van der Waals surface area contributed by atoms with Crippen molar-refractivity contribution in [2.24, 2.45) is 0 Å². The third-order valence-electron chi connectivity index (χ3n) is 3.01. The fourth-order valence-electron chi connectivity index (χ4n) is 1.93. The maximum Gasteiger partial charge on any atom is 0.412 e. The number of ether oxygens (including phenoxy) is 1. The van der Waals surface area contributed by atoms with Crippen molar-refractivity contribution in [3.8, 4) is 0 Å². The van der Waals surface area contributed by atoms with Crippen molar-refractivity contribution in [1.82, 2.24) is 5.32 Å². The molecule has 23 heavy (non-hydrogen) atoms. The van der Waals surface area contributed by atoms with Gasteiger partial charge in [-0.2, -0.15) is 0 Å². The Morgan fingerprint density at radius 3 is 2.70 bits per heavy atom. The lowest BCUT2D eigenvalue weighted by Crippen LogP contribution is -2.20. The molecule has 2 amide bonds. The van der Waals surface area contributed by atoms with Crippen molar-refractivity contribution in [3.05, 3.63) is 64.4 Å². The lowest BCUT2D eigenvalue weighted by molar-refractivity contribution is 0.0968. The molecule has 6 heteroatoms. The van der Waals surface area contributed by atoms with Crippen LogP contribution in [0.2, 0.25) is 0 Å². The highest BCUT2D eigenvalue weighted by Crippen LogP contribution is 2.28. The summed E-state index contributed by atoms with van der Waals surface area (Å²) in [5.41, 5.74) is 1.34.